The first-order valence-electron chi connectivity index (χ1n) is 12.7. The minimum atomic E-state index is 0.824. The third-order valence-corrected chi connectivity index (χ3v) is 6.55. The summed E-state index contributed by atoms with van der Waals surface area (Å²) in [6.07, 6.45) is 20.4. The quantitative estimate of drug-likeness (QED) is 0.258. The van der Waals surface area contributed by atoms with Crippen molar-refractivity contribution in [3.63, 3.8) is 0 Å². The minimum absolute atomic E-state index is 0.824. The van der Waals surface area contributed by atoms with E-state index in [1.54, 1.807) is 0 Å². The van der Waals surface area contributed by atoms with Gasteiger partial charge in [0, 0.05) is 0 Å². The molecule has 0 unspecified atom stereocenters. The van der Waals surface area contributed by atoms with Crippen molar-refractivity contribution in [3.8, 4) is 11.5 Å². The molecule has 0 bridgehead atoms. The van der Waals surface area contributed by atoms with Crippen molar-refractivity contribution >= 4 is 0 Å². The average Bonchev–Trinajstić information content (AvgIpc) is 2.76. The second-order valence-electron chi connectivity index (χ2n) is 9.11. The number of benzene rings is 1. The molecule has 1 aliphatic rings. The Balaban J connectivity index is 1.49. The van der Waals surface area contributed by atoms with Gasteiger partial charge in [-0.3, -0.25) is 0 Å². The highest BCUT2D eigenvalue weighted by Gasteiger charge is 2.20. The Morgan fingerprint density at radius 1 is 0.586 bits per heavy atom. The zero-order valence-electron chi connectivity index (χ0n) is 19.3. The van der Waals surface area contributed by atoms with Gasteiger partial charge in [0.25, 0.3) is 0 Å². The number of ether oxygens (including phenoxy) is 2. The van der Waals surface area contributed by atoms with Gasteiger partial charge in [-0.1, -0.05) is 90.9 Å². The lowest BCUT2D eigenvalue weighted by Gasteiger charge is -2.28. The molecule has 29 heavy (non-hydrogen) atoms. The van der Waals surface area contributed by atoms with Crippen molar-refractivity contribution in [2.45, 2.75) is 110 Å². The van der Waals surface area contributed by atoms with Crippen LogP contribution >= 0.6 is 0 Å². The van der Waals surface area contributed by atoms with Crippen LogP contribution in [0.5, 0.6) is 11.5 Å². The molecule has 1 aliphatic carbocycles. The molecule has 2 rings (SSSR count). The molecule has 1 saturated carbocycles. The molecule has 0 N–H and O–H groups in total. The van der Waals surface area contributed by atoms with Crippen molar-refractivity contribution in [1.82, 2.24) is 0 Å². The summed E-state index contributed by atoms with van der Waals surface area (Å²) < 4.78 is 11.8. The van der Waals surface area contributed by atoms with E-state index in [0.717, 1.165) is 43.0 Å². The van der Waals surface area contributed by atoms with Crippen LogP contribution in [-0.2, 0) is 0 Å². The van der Waals surface area contributed by atoms with Crippen molar-refractivity contribution in [1.29, 1.82) is 0 Å². The Kier molecular flexibility index (Phi) is 13.0. The first kappa shape index (κ1) is 24.1. The Morgan fingerprint density at radius 3 is 1.59 bits per heavy atom. The van der Waals surface area contributed by atoms with Gasteiger partial charge in [0.15, 0.2) is 0 Å². The van der Waals surface area contributed by atoms with E-state index in [0.29, 0.717) is 0 Å². The maximum absolute atomic E-state index is 5.95. The topological polar surface area (TPSA) is 18.5 Å². The summed E-state index contributed by atoms with van der Waals surface area (Å²) in [4.78, 5) is 0. The van der Waals surface area contributed by atoms with Gasteiger partial charge in [-0.2, -0.15) is 0 Å². The molecule has 2 nitrogen and oxygen atoms in total. The molecule has 166 valence electrons. The lowest BCUT2D eigenvalue weighted by Crippen LogP contribution is -2.15. The highest BCUT2D eigenvalue weighted by atomic mass is 16.5. The third kappa shape index (κ3) is 11.0. The summed E-state index contributed by atoms with van der Waals surface area (Å²) >= 11 is 0. The second kappa shape index (κ2) is 15.6. The van der Waals surface area contributed by atoms with Crippen LogP contribution in [0.2, 0.25) is 0 Å². The second-order valence-corrected chi connectivity index (χ2v) is 9.11. The molecule has 0 spiro atoms. The molecule has 0 heterocycles. The van der Waals surface area contributed by atoms with Crippen LogP contribution in [-0.4, -0.2) is 13.2 Å². The Bertz CT molecular complexity index is 488. The summed E-state index contributed by atoms with van der Waals surface area (Å²) in [6, 6.07) is 8.18. The van der Waals surface area contributed by atoms with Gasteiger partial charge < -0.3 is 9.47 Å². The zero-order chi connectivity index (χ0) is 20.6. The maximum Gasteiger partial charge on any atom is 0.119 e. The number of hydrogen-bond donors (Lipinski definition) is 0. The predicted molar refractivity (Wildman–Crippen MR) is 125 cm³/mol. The lowest BCUT2D eigenvalue weighted by molar-refractivity contribution is 0.228. The molecular formula is C27H46O2. The van der Waals surface area contributed by atoms with Crippen LogP contribution in [0.1, 0.15) is 110 Å². The number of hydrogen-bond acceptors (Lipinski definition) is 2. The Labute approximate surface area is 180 Å². The van der Waals surface area contributed by atoms with E-state index in [9.17, 15) is 0 Å². The lowest BCUT2D eigenvalue weighted by atomic mass is 9.78. The van der Waals surface area contributed by atoms with Gasteiger partial charge in [-0.25, -0.2) is 0 Å². The van der Waals surface area contributed by atoms with Crippen LogP contribution in [0.4, 0.5) is 0 Å². The highest BCUT2D eigenvalue weighted by Crippen LogP contribution is 2.34. The summed E-state index contributed by atoms with van der Waals surface area (Å²) in [5.41, 5.74) is 0. The van der Waals surface area contributed by atoms with Crippen molar-refractivity contribution in [3.05, 3.63) is 24.3 Å². The van der Waals surface area contributed by atoms with Crippen molar-refractivity contribution < 1.29 is 9.47 Å². The minimum Gasteiger partial charge on any atom is -0.494 e. The molecule has 0 aromatic heterocycles. The smallest absolute Gasteiger partial charge is 0.119 e. The van der Waals surface area contributed by atoms with E-state index in [2.05, 4.69) is 13.8 Å². The Morgan fingerprint density at radius 2 is 1.03 bits per heavy atom. The van der Waals surface area contributed by atoms with Gasteiger partial charge in [-0.05, 0) is 55.4 Å². The number of unbranched alkanes of at least 4 members (excludes halogenated alkanes) is 6. The largest absolute Gasteiger partial charge is 0.494 e. The van der Waals surface area contributed by atoms with E-state index in [-0.39, 0.29) is 0 Å². The molecule has 0 atom stereocenters. The van der Waals surface area contributed by atoms with Gasteiger partial charge in [-0.15, -0.1) is 0 Å². The summed E-state index contributed by atoms with van der Waals surface area (Å²) in [5, 5.41) is 0. The van der Waals surface area contributed by atoms with Crippen molar-refractivity contribution in [2.24, 2.45) is 11.8 Å². The molecule has 1 aromatic carbocycles. The van der Waals surface area contributed by atoms with E-state index in [1.807, 2.05) is 24.3 Å². The Hall–Kier alpha value is -1.18. The molecule has 1 fully saturated rings. The van der Waals surface area contributed by atoms with Crippen LogP contribution in [0.25, 0.3) is 0 Å². The molecule has 0 radical (unpaired) electrons. The summed E-state index contributed by atoms with van der Waals surface area (Å²) in [5.74, 6) is 3.89. The van der Waals surface area contributed by atoms with Gasteiger partial charge in [0.05, 0.1) is 13.2 Å². The SMILES string of the molecule is CCCCCCCOc1ccc(OCCC[C@H]2CC[C@H](CCCCC)CC2)cc1. The normalized spacial score (nSPS) is 19.2. The fraction of sp³-hybridized carbons (Fsp3) is 0.778. The molecular weight excluding hydrogens is 356 g/mol. The predicted octanol–water partition coefficient (Wildman–Crippen LogP) is 8.58. The monoisotopic (exact) mass is 402 g/mol. The van der Waals surface area contributed by atoms with Crippen LogP contribution < -0.4 is 9.47 Å². The van der Waals surface area contributed by atoms with Crippen LogP contribution in [0.3, 0.4) is 0 Å². The summed E-state index contributed by atoms with van der Waals surface area (Å²) in [6.45, 7) is 6.22. The van der Waals surface area contributed by atoms with E-state index < -0.39 is 0 Å². The highest BCUT2D eigenvalue weighted by molar-refractivity contribution is 5.31. The van der Waals surface area contributed by atoms with Crippen LogP contribution in [0, 0.1) is 11.8 Å². The van der Waals surface area contributed by atoms with Gasteiger partial charge in [0.2, 0.25) is 0 Å². The third-order valence-electron chi connectivity index (χ3n) is 6.55. The van der Waals surface area contributed by atoms with Crippen molar-refractivity contribution in [2.75, 3.05) is 13.2 Å². The average molecular weight is 403 g/mol. The zero-order valence-corrected chi connectivity index (χ0v) is 19.3. The van der Waals surface area contributed by atoms with Crippen LogP contribution in [0.15, 0.2) is 24.3 Å². The van der Waals surface area contributed by atoms with Gasteiger partial charge in [0.1, 0.15) is 11.5 Å². The molecule has 1 aromatic rings. The first-order chi connectivity index (χ1) is 14.3. The van der Waals surface area contributed by atoms with Gasteiger partial charge >= 0.3 is 0 Å². The molecule has 0 aliphatic heterocycles. The standard InChI is InChI=1S/C27H46O2/c1-3-5-7-8-10-22-28-26-18-20-27(21-19-26)29-23-11-13-25-16-14-24(15-17-25)12-9-6-4-2/h18-21,24-25H,3-17,22-23H2,1-2H3/t24-,25-. The molecule has 2 heteroatoms. The van der Waals surface area contributed by atoms with E-state index in [4.69, 9.17) is 9.47 Å². The fourth-order valence-corrected chi connectivity index (χ4v) is 4.58. The molecule has 0 amide bonds. The summed E-state index contributed by atoms with van der Waals surface area (Å²) in [7, 11) is 0. The number of rotatable bonds is 16. The molecule has 0 saturated heterocycles. The fourth-order valence-electron chi connectivity index (χ4n) is 4.58. The maximum atomic E-state index is 5.95. The van der Waals surface area contributed by atoms with E-state index in [1.165, 1.54) is 89.9 Å². The van der Waals surface area contributed by atoms with E-state index >= 15 is 0 Å². The first-order valence-corrected chi connectivity index (χ1v) is 12.7.